The van der Waals surface area contributed by atoms with E-state index in [-0.39, 0.29) is 11.3 Å². The predicted octanol–water partition coefficient (Wildman–Crippen LogP) is 3.41. The van der Waals surface area contributed by atoms with E-state index in [4.69, 9.17) is 9.47 Å². The van der Waals surface area contributed by atoms with Gasteiger partial charge in [-0.3, -0.25) is 9.59 Å². The third kappa shape index (κ3) is 4.19. The number of imidazole rings is 1. The van der Waals surface area contributed by atoms with Crippen LogP contribution in [0.15, 0.2) is 72.8 Å². The van der Waals surface area contributed by atoms with Gasteiger partial charge in [0.2, 0.25) is 0 Å². The molecule has 1 aliphatic heterocycles. The van der Waals surface area contributed by atoms with Crippen molar-refractivity contribution in [1.82, 2.24) is 14.5 Å². The molecule has 1 N–H and O–H groups in total. The van der Waals surface area contributed by atoms with Crippen molar-refractivity contribution in [2.75, 3.05) is 20.8 Å². The lowest BCUT2D eigenvalue weighted by Gasteiger charge is -2.26. The van der Waals surface area contributed by atoms with E-state index in [0.717, 1.165) is 0 Å². The average molecular weight is 447 g/mol. The number of carbonyl (C=O) groups is 2. The zero-order valence-electron chi connectivity index (χ0n) is 18.5. The number of aryl methyl sites for hydroxylation is 1. The summed E-state index contributed by atoms with van der Waals surface area (Å²) in [5, 5.41) is 11.3. The van der Waals surface area contributed by atoms with Crippen molar-refractivity contribution < 1.29 is 24.2 Å². The molecule has 1 aromatic heterocycles. The minimum atomic E-state index is -0.797. The van der Waals surface area contributed by atoms with Crippen molar-refractivity contribution in [1.29, 1.82) is 0 Å². The van der Waals surface area contributed by atoms with Crippen LogP contribution in [0.2, 0.25) is 0 Å². The smallest absolute Gasteiger partial charge is 0.295 e. The molecule has 4 rings (SSSR count). The van der Waals surface area contributed by atoms with Gasteiger partial charge in [0, 0.05) is 31.0 Å². The molecule has 1 saturated heterocycles. The minimum absolute atomic E-state index is 0.0108. The number of aliphatic hydroxyl groups is 1. The molecule has 2 heterocycles. The highest BCUT2D eigenvalue weighted by Gasteiger charge is 2.47. The van der Waals surface area contributed by atoms with Gasteiger partial charge >= 0.3 is 0 Å². The number of hydrogen-bond acceptors (Lipinski definition) is 6. The Balaban J connectivity index is 1.80. The quantitative estimate of drug-likeness (QED) is 0.323. The molecular weight excluding hydrogens is 422 g/mol. The van der Waals surface area contributed by atoms with Gasteiger partial charge in [-0.15, -0.1) is 0 Å². The van der Waals surface area contributed by atoms with E-state index < -0.39 is 17.7 Å². The number of para-hydroxylation sites is 2. The van der Waals surface area contributed by atoms with E-state index in [1.807, 2.05) is 22.9 Å². The van der Waals surface area contributed by atoms with Gasteiger partial charge in [-0.2, -0.15) is 0 Å². The van der Waals surface area contributed by atoms with Crippen LogP contribution in [-0.2, 0) is 16.1 Å². The summed E-state index contributed by atoms with van der Waals surface area (Å²) in [6.07, 6.45) is 5.83. The molecule has 1 fully saturated rings. The molecular formula is C25H25N3O5. The first-order valence-corrected chi connectivity index (χ1v) is 10.6. The van der Waals surface area contributed by atoms with E-state index >= 15 is 0 Å². The lowest BCUT2D eigenvalue weighted by atomic mass is 9.94. The van der Waals surface area contributed by atoms with Gasteiger partial charge in [0.1, 0.15) is 17.3 Å². The molecule has 8 heteroatoms. The molecule has 1 aliphatic rings. The van der Waals surface area contributed by atoms with Crippen molar-refractivity contribution >= 4 is 17.4 Å². The third-order valence-electron chi connectivity index (χ3n) is 5.71. The molecule has 0 radical (unpaired) electrons. The Bertz CT molecular complexity index is 1190. The highest BCUT2D eigenvalue weighted by atomic mass is 16.5. The average Bonchev–Trinajstić information content (AvgIpc) is 3.45. The maximum Gasteiger partial charge on any atom is 0.295 e. The maximum absolute atomic E-state index is 13.2. The molecule has 8 nitrogen and oxygen atoms in total. The Labute approximate surface area is 191 Å². The zero-order valence-corrected chi connectivity index (χ0v) is 18.5. The van der Waals surface area contributed by atoms with Crippen LogP contribution >= 0.6 is 0 Å². The molecule has 1 atom stereocenters. The summed E-state index contributed by atoms with van der Waals surface area (Å²) in [5.41, 5.74) is 0.978. The largest absolute Gasteiger partial charge is 0.507 e. The van der Waals surface area contributed by atoms with Crippen LogP contribution < -0.4 is 9.47 Å². The van der Waals surface area contributed by atoms with E-state index in [9.17, 15) is 14.7 Å². The number of likely N-dealkylation sites (tertiary alicyclic amines) is 1. The summed E-state index contributed by atoms with van der Waals surface area (Å²) in [6, 6.07) is 13.2. The number of nitrogens with zero attached hydrogens (tertiary/aromatic N) is 3. The van der Waals surface area contributed by atoms with Crippen LogP contribution in [0.1, 0.15) is 23.6 Å². The van der Waals surface area contributed by atoms with E-state index in [0.29, 0.717) is 42.1 Å². The first-order chi connectivity index (χ1) is 16.1. The number of aromatic nitrogens is 2. The maximum atomic E-state index is 13.2. The lowest BCUT2D eigenvalue weighted by Crippen LogP contribution is -2.31. The van der Waals surface area contributed by atoms with Gasteiger partial charge in [-0.05, 0) is 24.6 Å². The van der Waals surface area contributed by atoms with Crippen molar-refractivity contribution in [2.45, 2.75) is 19.0 Å². The first-order valence-electron chi connectivity index (χ1n) is 10.6. The topological polar surface area (TPSA) is 93.9 Å². The molecule has 33 heavy (non-hydrogen) atoms. The van der Waals surface area contributed by atoms with Gasteiger partial charge in [0.25, 0.3) is 11.7 Å². The van der Waals surface area contributed by atoms with Crippen LogP contribution in [0.3, 0.4) is 0 Å². The van der Waals surface area contributed by atoms with Crippen LogP contribution in [0.25, 0.3) is 5.76 Å². The fourth-order valence-electron chi connectivity index (χ4n) is 4.15. The highest BCUT2D eigenvalue weighted by molar-refractivity contribution is 6.46. The summed E-state index contributed by atoms with van der Waals surface area (Å²) < 4.78 is 12.8. The number of aliphatic hydroxyl groups excluding tert-OH is 1. The van der Waals surface area contributed by atoms with E-state index in [1.165, 1.54) is 19.1 Å². The lowest BCUT2D eigenvalue weighted by molar-refractivity contribution is -0.140. The molecule has 2 aromatic carbocycles. The van der Waals surface area contributed by atoms with Gasteiger partial charge in [-0.1, -0.05) is 30.3 Å². The summed E-state index contributed by atoms with van der Waals surface area (Å²) in [7, 11) is 3.02. The number of methoxy groups -OCH3 is 2. The fourth-order valence-corrected chi connectivity index (χ4v) is 4.15. The molecule has 1 unspecified atom stereocenters. The number of hydrogen-bond donors (Lipinski definition) is 1. The number of ether oxygens (including phenoxy) is 2. The molecule has 3 aromatic rings. The number of Topliss-reactive ketones (excluding diaryl/α,β-unsaturated/α-hetero) is 1. The second kappa shape index (κ2) is 9.60. The molecule has 1 amide bonds. The fraction of sp³-hybridized carbons (Fsp3) is 0.240. The van der Waals surface area contributed by atoms with Crippen LogP contribution in [-0.4, -0.2) is 52.0 Å². The molecule has 170 valence electrons. The molecule has 0 spiro atoms. The Morgan fingerprint density at radius 2 is 1.70 bits per heavy atom. The Hall–Kier alpha value is -4.07. The standard InChI is InChI=1S/C25H25N3O5/c1-32-19-10-5-3-8-17(19)22-21(23(29)18-9-4-6-11-20(18)33-2)24(30)25(31)28(22)14-7-13-27-15-12-26-16-27/h3-6,8-12,15-16,22,29H,7,13-14H2,1-2H3/b23-21+. The van der Waals surface area contributed by atoms with Gasteiger partial charge in [-0.25, -0.2) is 4.98 Å². The van der Waals surface area contributed by atoms with Crippen LogP contribution in [0.5, 0.6) is 11.5 Å². The zero-order chi connectivity index (χ0) is 23.4. The van der Waals surface area contributed by atoms with Crippen molar-refractivity contribution in [3.63, 3.8) is 0 Å². The third-order valence-corrected chi connectivity index (χ3v) is 5.71. The van der Waals surface area contributed by atoms with Crippen LogP contribution in [0, 0.1) is 0 Å². The van der Waals surface area contributed by atoms with Crippen molar-refractivity contribution in [3.8, 4) is 11.5 Å². The summed E-state index contributed by atoms with van der Waals surface area (Å²) in [5.74, 6) is -0.751. The molecule has 0 aliphatic carbocycles. The van der Waals surface area contributed by atoms with Crippen molar-refractivity contribution in [2.24, 2.45) is 0 Å². The number of amides is 1. The predicted molar refractivity (Wildman–Crippen MR) is 122 cm³/mol. The second-order valence-electron chi connectivity index (χ2n) is 7.59. The number of rotatable bonds is 8. The summed E-state index contributed by atoms with van der Waals surface area (Å²) in [6.45, 7) is 0.947. The van der Waals surface area contributed by atoms with E-state index in [2.05, 4.69) is 4.98 Å². The minimum Gasteiger partial charge on any atom is -0.507 e. The monoisotopic (exact) mass is 447 g/mol. The first kappa shape index (κ1) is 22.1. The van der Waals surface area contributed by atoms with Crippen LogP contribution in [0.4, 0.5) is 0 Å². The number of carbonyl (C=O) groups excluding carboxylic acids is 2. The molecule has 0 saturated carbocycles. The number of ketones is 1. The highest BCUT2D eigenvalue weighted by Crippen LogP contribution is 2.43. The normalized spacial score (nSPS) is 17.4. The Kier molecular flexibility index (Phi) is 6.44. The van der Waals surface area contributed by atoms with Gasteiger partial charge < -0.3 is 24.0 Å². The van der Waals surface area contributed by atoms with Gasteiger partial charge in [0.15, 0.2) is 0 Å². The Morgan fingerprint density at radius 1 is 1.00 bits per heavy atom. The summed E-state index contributed by atoms with van der Waals surface area (Å²) >= 11 is 0. The van der Waals surface area contributed by atoms with Gasteiger partial charge in [0.05, 0.1) is 37.7 Å². The Morgan fingerprint density at radius 3 is 2.39 bits per heavy atom. The van der Waals surface area contributed by atoms with Crippen molar-refractivity contribution in [3.05, 3.63) is 84.0 Å². The summed E-state index contributed by atoms with van der Waals surface area (Å²) in [4.78, 5) is 31.8. The van der Waals surface area contributed by atoms with E-state index in [1.54, 1.807) is 48.9 Å². The molecule has 0 bridgehead atoms. The number of benzene rings is 2. The SMILES string of the molecule is COc1ccccc1/C(O)=C1\C(=O)C(=O)N(CCCn2ccnc2)C1c1ccccc1OC. The second-order valence-corrected chi connectivity index (χ2v) is 7.59.